The maximum atomic E-state index is 13.8. The summed E-state index contributed by atoms with van der Waals surface area (Å²) in [4.78, 5) is 44.0. The molecule has 4 rings (SSSR count). The lowest BCUT2D eigenvalue weighted by atomic mass is 9.97. The fourth-order valence-corrected chi connectivity index (χ4v) is 5.09. The van der Waals surface area contributed by atoms with Crippen molar-refractivity contribution in [3.05, 3.63) is 57.6 Å². The third-order valence-electron chi connectivity index (χ3n) is 7.48. The largest absolute Gasteiger partial charge is 0.462 e. The van der Waals surface area contributed by atoms with Crippen LogP contribution >= 0.6 is 0 Å². The van der Waals surface area contributed by atoms with E-state index >= 15 is 0 Å². The van der Waals surface area contributed by atoms with Gasteiger partial charge in [0.25, 0.3) is 11.6 Å². The highest BCUT2D eigenvalue weighted by molar-refractivity contribution is 6.10. The van der Waals surface area contributed by atoms with Gasteiger partial charge in [-0.25, -0.2) is 4.79 Å². The molecule has 10 nitrogen and oxygen atoms in total. The Morgan fingerprint density at radius 1 is 0.974 bits per heavy atom. The molecular formula is C28H37N5O5. The molecule has 0 atom stereocenters. The second kappa shape index (κ2) is 12.3. The molecule has 2 saturated heterocycles. The van der Waals surface area contributed by atoms with Gasteiger partial charge in [-0.15, -0.1) is 0 Å². The summed E-state index contributed by atoms with van der Waals surface area (Å²) in [5.74, 6) is -0.316. The fourth-order valence-electron chi connectivity index (χ4n) is 5.09. The predicted molar refractivity (Wildman–Crippen MR) is 148 cm³/mol. The van der Waals surface area contributed by atoms with Crippen molar-refractivity contribution in [3.63, 3.8) is 0 Å². The molecule has 204 valence electrons. The Morgan fingerprint density at radius 2 is 1.63 bits per heavy atom. The Labute approximate surface area is 223 Å². The van der Waals surface area contributed by atoms with Crippen molar-refractivity contribution in [1.82, 2.24) is 4.90 Å². The topological polar surface area (TPSA) is 108 Å². The van der Waals surface area contributed by atoms with Crippen LogP contribution in [-0.4, -0.2) is 74.1 Å². The molecule has 2 heterocycles. The van der Waals surface area contributed by atoms with E-state index in [0.29, 0.717) is 22.9 Å². The lowest BCUT2D eigenvalue weighted by Gasteiger charge is -2.36. The number of piperidine rings is 1. The summed E-state index contributed by atoms with van der Waals surface area (Å²) in [5, 5.41) is 14.5. The summed E-state index contributed by atoms with van der Waals surface area (Å²) >= 11 is 0. The number of likely N-dealkylation sites (N-methyl/N-ethyl adjacent to an activating group) is 1. The second-order valence-corrected chi connectivity index (χ2v) is 9.96. The first-order valence-corrected chi connectivity index (χ1v) is 13.4. The molecule has 10 heteroatoms. The van der Waals surface area contributed by atoms with Gasteiger partial charge in [0.1, 0.15) is 0 Å². The van der Waals surface area contributed by atoms with E-state index in [0.717, 1.165) is 64.3 Å². The third-order valence-corrected chi connectivity index (χ3v) is 7.48. The minimum absolute atomic E-state index is 0.138. The molecule has 38 heavy (non-hydrogen) atoms. The average molecular weight is 524 g/mol. The van der Waals surface area contributed by atoms with E-state index in [4.69, 9.17) is 4.74 Å². The normalized spacial score (nSPS) is 16.8. The molecule has 0 spiro atoms. The van der Waals surface area contributed by atoms with Crippen molar-refractivity contribution >= 4 is 34.6 Å². The Morgan fingerprint density at radius 3 is 2.26 bits per heavy atom. The lowest BCUT2D eigenvalue weighted by molar-refractivity contribution is -0.384. The first-order chi connectivity index (χ1) is 18.3. The van der Waals surface area contributed by atoms with Crippen molar-refractivity contribution in [2.45, 2.75) is 33.6 Å². The molecule has 0 bridgehead atoms. The Kier molecular flexibility index (Phi) is 8.83. The summed E-state index contributed by atoms with van der Waals surface area (Å²) in [6, 6.07) is 9.65. The number of hydrogen-bond donors (Lipinski definition) is 1. The van der Waals surface area contributed by atoms with E-state index in [1.807, 2.05) is 6.07 Å². The van der Waals surface area contributed by atoms with E-state index in [9.17, 15) is 19.7 Å². The highest BCUT2D eigenvalue weighted by Crippen LogP contribution is 2.33. The average Bonchev–Trinajstić information content (AvgIpc) is 2.93. The molecule has 0 saturated carbocycles. The number of nitro benzene ring substituents is 1. The van der Waals surface area contributed by atoms with Gasteiger partial charge < -0.3 is 24.8 Å². The molecule has 2 fully saturated rings. The highest BCUT2D eigenvalue weighted by atomic mass is 16.6. The summed E-state index contributed by atoms with van der Waals surface area (Å²) in [6.45, 7) is 12.2. The van der Waals surface area contributed by atoms with Crippen LogP contribution in [0, 0.1) is 16.0 Å². The highest BCUT2D eigenvalue weighted by Gasteiger charge is 2.26. The Balaban J connectivity index is 1.68. The predicted octanol–water partition coefficient (Wildman–Crippen LogP) is 4.40. The number of carbonyl (C=O) groups is 2. The molecule has 0 aliphatic carbocycles. The van der Waals surface area contributed by atoms with Gasteiger partial charge in [0.05, 0.1) is 39.7 Å². The van der Waals surface area contributed by atoms with Gasteiger partial charge in [-0.2, -0.15) is 0 Å². The summed E-state index contributed by atoms with van der Waals surface area (Å²) < 4.78 is 5.18. The minimum atomic E-state index is -0.487. The molecular weight excluding hydrogens is 486 g/mol. The maximum absolute atomic E-state index is 13.8. The van der Waals surface area contributed by atoms with E-state index in [1.165, 1.54) is 12.1 Å². The lowest BCUT2D eigenvalue weighted by Crippen LogP contribution is -2.46. The van der Waals surface area contributed by atoms with E-state index in [-0.39, 0.29) is 17.9 Å². The zero-order valence-electron chi connectivity index (χ0n) is 22.4. The van der Waals surface area contributed by atoms with Crippen molar-refractivity contribution < 1.29 is 19.2 Å². The standard InChI is InChI=1S/C28H37N5O5/c1-4-30-14-16-32(17-15-30)26-8-6-21(28(35)38-5-2)18-24(26)29-27(34)23-19-22(33(36)37)7-9-25(23)31-12-10-20(3)11-13-31/h6-9,18-20H,4-5,10-17H2,1-3H3,(H,29,34). The maximum Gasteiger partial charge on any atom is 0.338 e. The van der Waals surface area contributed by atoms with Crippen LogP contribution in [0.25, 0.3) is 0 Å². The number of rotatable bonds is 8. The number of hydrogen-bond acceptors (Lipinski definition) is 8. The number of esters is 1. The van der Waals surface area contributed by atoms with Crippen LogP contribution in [0.3, 0.4) is 0 Å². The van der Waals surface area contributed by atoms with Crippen LogP contribution in [0.5, 0.6) is 0 Å². The molecule has 0 radical (unpaired) electrons. The van der Waals surface area contributed by atoms with Crippen LogP contribution < -0.4 is 15.1 Å². The number of non-ortho nitro benzene ring substituents is 1. The number of amides is 1. The molecule has 2 aliphatic rings. The van der Waals surface area contributed by atoms with Gasteiger partial charge in [0.15, 0.2) is 0 Å². The van der Waals surface area contributed by atoms with E-state index in [1.54, 1.807) is 25.1 Å². The van der Waals surface area contributed by atoms with Crippen LogP contribution in [0.15, 0.2) is 36.4 Å². The van der Waals surface area contributed by atoms with Gasteiger partial charge >= 0.3 is 5.97 Å². The number of nitrogens with one attached hydrogen (secondary N) is 1. The zero-order valence-corrected chi connectivity index (χ0v) is 22.4. The van der Waals surface area contributed by atoms with Crippen LogP contribution in [0.4, 0.5) is 22.7 Å². The van der Waals surface area contributed by atoms with Gasteiger partial charge in [0.2, 0.25) is 0 Å². The number of benzene rings is 2. The van der Waals surface area contributed by atoms with Crippen LogP contribution in [0.2, 0.25) is 0 Å². The first-order valence-electron chi connectivity index (χ1n) is 13.4. The number of carbonyl (C=O) groups excluding carboxylic acids is 2. The summed E-state index contributed by atoms with van der Waals surface area (Å²) in [5.41, 5.74) is 2.41. The molecule has 2 aromatic carbocycles. The van der Waals surface area contributed by atoms with Crippen molar-refractivity contribution in [1.29, 1.82) is 0 Å². The van der Waals surface area contributed by atoms with Gasteiger partial charge in [-0.1, -0.05) is 13.8 Å². The van der Waals surface area contributed by atoms with Crippen LogP contribution in [0.1, 0.15) is 54.3 Å². The quantitative estimate of drug-likeness (QED) is 0.308. The zero-order chi connectivity index (χ0) is 27.2. The minimum Gasteiger partial charge on any atom is -0.462 e. The number of piperazine rings is 1. The van der Waals surface area contributed by atoms with E-state index in [2.05, 4.69) is 33.9 Å². The summed E-state index contributed by atoms with van der Waals surface area (Å²) in [6.07, 6.45) is 1.99. The molecule has 2 aromatic rings. The second-order valence-electron chi connectivity index (χ2n) is 9.96. The molecule has 2 aliphatic heterocycles. The smallest absolute Gasteiger partial charge is 0.338 e. The monoisotopic (exact) mass is 523 g/mol. The fraction of sp³-hybridized carbons (Fsp3) is 0.500. The molecule has 0 aromatic heterocycles. The van der Waals surface area contributed by atoms with Gasteiger partial charge in [-0.3, -0.25) is 14.9 Å². The number of ether oxygens (including phenoxy) is 1. The Bertz CT molecular complexity index is 1170. The summed E-state index contributed by atoms with van der Waals surface area (Å²) in [7, 11) is 0. The molecule has 1 N–H and O–H groups in total. The molecule has 0 unspecified atom stereocenters. The number of nitro groups is 1. The van der Waals surface area contributed by atoms with Gasteiger partial charge in [-0.05, 0) is 56.5 Å². The first kappa shape index (κ1) is 27.4. The number of anilines is 3. The van der Waals surface area contributed by atoms with Gasteiger partial charge in [0, 0.05) is 51.4 Å². The Hall–Kier alpha value is -3.66. The van der Waals surface area contributed by atoms with Crippen molar-refractivity contribution in [3.8, 4) is 0 Å². The van der Waals surface area contributed by atoms with Crippen molar-refractivity contribution in [2.75, 3.05) is 67.5 Å². The third kappa shape index (κ3) is 6.24. The molecule has 1 amide bonds. The van der Waals surface area contributed by atoms with Crippen LogP contribution in [-0.2, 0) is 4.74 Å². The van der Waals surface area contributed by atoms with E-state index < -0.39 is 16.8 Å². The number of nitrogens with zero attached hydrogens (tertiary/aromatic N) is 4. The SMILES string of the molecule is CCOC(=O)c1ccc(N2CCN(CC)CC2)c(NC(=O)c2cc([N+](=O)[O-])ccc2N2CCC(C)CC2)c1. The van der Waals surface area contributed by atoms with Crippen molar-refractivity contribution in [2.24, 2.45) is 5.92 Å².